The predicted molar refractivity (Wildman–Crippen MR) is 126 cm³/mol. The van der Waals surface area contributed by atoms with E-state index < -0.39 is 0 Å². The van der Waals surface area contributed by atoms with Crippen LogP contribution in [0.4, 0.5) is 5.82 Å². The summed E-state index contributed by atoms with van der Waals surface area (Å²) in [5, 5.41) is 5.35. The lowest BCUT2D eigenvalue weighted by Gasteiger charge is -2.14. The highest BCUT2D eigenvalue weighted by Crippen LogP contribution is 2.26. The topological polar surface area (TPSA) is 71.2 Å². The highest BCUT2D eigenvalue weighted by atomic mass is 35.5. The summed E-state index contributed by atoms with van der Waals surface area (Å²) in [6.45, 7) is 5.76. The smallest absolute Gasteiger partial charge is 0.251 e. The molecule has 3 aromatic rings. The summed E-state index contributed by atoms with van der Waals surface area (Å²) in [5.41, 5.74) is 8.96. The number of hydrogen-bond acceptors (Lipinski definition) is 4. The van der Waals surface area contributed by atoms with Crippen LogP contribution in [0.3, 0.4) is 0 Å². The van der Waals surface area contributed by atoms with E-state index in [1.807, 2.05) is 37.3 Å². The molecule has 6 heteroatoms. The van der Waals surface area contributed by atoms with Gasteiger partial charge in [-0.05, 0) is 62.7 Å². The van der Waals surface area contributed by atoms with Crippen molar-refractivity contribution in [3.8, 4) is 11.8 Å². The number of nitrogens with zero attached hydrogens (tertiary/aromatic N) is 2. The van der Waals surface area contributed by atoms with E-state index in [9.17, 15) is 4.79 Å². The summed E-state index contributed by atoms with van der Waals surface area (Å²) in [6.07, 6.45) is 4.21. The zero-order valence-electron chi connectivity index (χ0n) is 17.5. The molecule has 0 saturated carbocycles. The number of hydrogen-bond donors (Lipinski definition) is 2. The number of nitrogen functional groups attached to an aromatic ring is 1. The van der Waals surface area contributed by atoms with Crippen molar-refractivity contribution in [3.63, 3.8) is 0 Å². The molecule has 1 aliphatic heterocycles. The van der Waals surface area contributed by atoms with Gasteiger partial charge in [0.05, 0.1) is 10.6 Å². The average Bonchev–Trinajstić information content (AvgIpc) is 3.27. The fourth-order valence-electron chi connectivity index (χ4n) is 3.80. The van der Waals surface area contributed by atoms with E-state index in [1.165, 1.54) is 12.8 Å². The lowest BCUT2D eigenvalue weighted by Crippen LogP contribution is -2.33. The normalized spacial score (nSPS) is 13.7. The lowest BCUT2D eigenvalue weighted by atomic mass is 10.0. The summed E-state index contributed by atoms with van der Waals surface area (Å²) >= 11 is 6.42. The van der Waals surface area contributed by atoms with Gasteiger partial charge in [-0.15, -0.1) is 0 Å². The van der Waals surface area contributed by atoms with Crippen LogP contribution in [0.15, 0.2) is 42.6 Å². The Hall–Kier alpha value is -3.07. The molecule has 31 heavy (non-hydrogen) atoms. The van der Waals surface area contributed by atoms with E-state index >= 15 is 0 Å². The van der Waals surface area contributed by atoms with Crippen LogP contribution in [0.5, 0.6) is 0 Å². The third kappa shape index (κ3) is 4.99. The number of pyridine rings is 1. The molecule has 4 rings (SSSR count). The van der Waals surface area contributed by atoms with Crippen LogP contribution >= 0.6 is 11.6 Å². The van der Waals surface area contributed by atoms with Crippen molar-refractivity contribution < 1.29 is 4.79 Å². The van der Waals surface area contributed by atoms with Crippen molar-refractivity contribution in [2.24, 2.45) is 0 Å². The van der Waals surface area contributed by atoms with Gasteiger partial charge in [-0.1, -0.05) is 35.6 Å². The predicted octanol–water partition coefficient (Wildman–Crippen LogP) is 4.00. The molecule has 1 aromatic heterocycles. The number of carbonyl (C=O) groups is 1. The van der Waals surface area contributed by atoms with Crippen molar-refractivity contribution in [3.05, 3.63) is 69.9 Å². The van der Waals surface area contributed by atoms with E-state index in [2.05, 4.69) is 27.0 Å². The Morgan fingerprint density at radius 2 is 2.00 bits per heavy atom. The molecule has 1 saturated heterocycles. The van der Waals surface area contributed by atoms with Gasteiger partial charge in [-0.3, -0.25) is 4.79 Å². The number of amides is 1. The molecular formula is C25H25ClN4O. The summed E-state index contributed by atoms with van der Waals surface area (Å²) in [4.78, 5) is 19.1. The number of rotatable bonds is 4. The standard InChI is InChI=1S/C25H25ClN4O/c1-17-4-5-19(25(31)28-10-13-30-11-2-3-12-30)14-18(17)6-8-21-22-15-24(27)29-16-20(22)7-9-23(21)26/h4-5,7,9,14-16H,2-3,10-13H2,1H3,(H2,27,29)(H,28,31). The molecule has 0 bridgehead atoms. The van der Waals surface area contributed by atoms with E-state index in [-0.39, 0.29) is 5.91 Å². The van der Waals surface area contributed by atoms with Gasteiger partial charge >= 0.3 is 0 Å². The first-order chi connectivity index (χ1) is 15.0. The van der Waals surface area contributed by atoms with Crippen LogP contribution in [0.25, 0.3) is 10.8 Å². The molecular weight excluding hydrogens is 408 g/mol. The van der Waals surface area contributed by atoms with Crippen LogP contribution in [-0.4, -0.2) is 42.0 Å². The fourth-order valence-corrected chi connectivity index (χ4v) is 4.01. The Morgan fingerprint density at radius 3 is 2.81 bits per heavy atom. The summed E-state index contributed by atoms with van der Waals surface area (Å²) in [6, 6.07) is 11.1. The lowest BCUT2D eigenvalue weighted by molar-refractivity contribution is 0.0949. The first kappa shape index (κ1) is 21.2. The minimum atomic E-state index is -0.0794. The van der Waals surface area contributed by atoms with Crippen LogP contribution in [0.2, 0.25) is 5.02 Å². The minimum Gasteiger partial charge on any atom is -0.384 e. The number of fused-ring (bicyclic) bond motifs is 1. The maximum absolute atomic E-state index is 12.6. The number of likely N-dealkylation sites (tertiary alicyclic amines) is 1. The summed E-state index contributed by atoms with van der Waals surface area (Å²) < 4.78 is 0. The van der Waals surface area contributed by atoms with E-state index in [0.29, 0.717) is 28.5 Å². The van der Waals surface area contributed by atoms with Crippen LogP contribution < -0.4 is 11.1 Å². The van der Waals surface area contributed by atoms with Crippen molar-refractivity contribution in [1.29, 1.82) is 0 Å². The molecule has 3 N–H and O–H groups in total. The molecule has 1 aliphatic rings. The SMILES string of the molecule is Cc1ccc(C(=O)NCCN2CCCC2)cc1C#Cc1c(Cl)ccc2cnc(N)cc12. The molecule has 1 fully saturated rings. The number of aromatic nitrogens is 1. The molecule has 0 unspecified atom stereocenters. The second-order valence-corrected chi connectivity index (χ2v) is 8.24. The molecule has 5 nitrogen and oxygen atoms in total. The monoisotopic (exact) mass is 432 g/mol. The second-order valence-electron chi connectivity index (χ2n) is 7.84. The number of anilines is 1. The van der Waals surface area contributed by atoms with Crippen molar-refractivity contribution in [2.45, 2.75) is 19.8 Å². The maximum atomic E-state index is 12.6. The number of nitrogens with two attached hydrogens (primary N) is 1. The fraction of sp³-hybridized carbons (Fsp3) is 0.280. The molecule has 2 heterocycles. The number of halogens is 1. The van der Waals surface area contributed by atoms with Gasteiger partial charge in [-0.2, -0.15) is 0 Å². The van der Waals surface area contributed by atoms with Gasteiger partial charge in [0.25, 0.3) is 5.91 Å². The van der Waals surface area contributed by atoms with E-state index in [4.69, 9.17) is 17.3 Å². The molecule has 158 valence electrons. The summed E-state index contributed by atoms with van der Waals surface area (Å²) in [7, 11) is 0. The van der Waals surface area contributed by atoms with Crippen LogP contribution in [0.1, 0.15) is 39.9 Å². The molecule has 0 radical (unpaired) electrons. The minimum absolute atomic E-state index is 0.0794. The highest BCUT2D eigenvalue weighted by Gasteiger charge is 2.12. The van der Waals surface area contributed by atoms with Crippen molar-refractivity contribution >= 4 is 34.1 Å². The van der Waals surface area contributed by atoms with Gasteiger partial charge < -0.3 is 16.0 Å². The van der Waals surface area contributed by atoms with Gasteiger partial charge in [0.2, 0.25) is 0 Å². The van der Waals surface area contributed by atoms with Gasteiger partial charge in [0.15, 0.2) is 0 Å². The zero-order chi connectivity index (χ0) is 21.8. The van der Waals surface area contributed by atoms with Gasteiger partial charge in [-0.25, -0.2) is 4.98 Å². The molecule has 1 amide bonds. The number of benzene rings is 2. The Kier molecular flexibility index (Phi) is 6.41. The first-order valence-electron chi connectivity index (χ1n) is 10.5. The quantitative estimate of drug-likeness (QED) is 0.611. The Bertz CT molecular complexity index is 1180. The molecule has 0 atom stereocenters. The summed E-state index contributed by atoms with van der Waals surface area (Å²) in [5.74, 6) is 6.72. The molecule has 0 aliphatic carbocycles. The van der Waals surface area contributed by atoms with E-state index in [0.717, 1.165) is 41.5 Å². The number of carbonyl (C=O) groups excluding carboxylic acids is 1. The van der Waals surface area contributed by atoms with Crippen LogP contribution in [-0.2, 0) is 0 Å². The number of nitrogens with one attached hydrogen (secondary N) is 1. The van der Waals surface area contributed by atoms with Gasteiger partial charge in [0, 0.05) is 41.2 Å². The first-order valence-corrected chi connectivity index (χ1v) is 10.9. The number of aryl methyl sites for hydroxylation is 1. The second kappa shape index (κ2) is 9.38. The maximum Gasteiger partial charge on any atom is 0.251 e. The molecule has 0 spiro atoms. The van der Waals surface area contributed by atoms with Gasteiger partial charge in [0.1, 0.15) is 5.82 Å². The Morgan fingerprint density at radius 1 is 1.19 bits per heavy atom. The largest absolute Gasteiger partial charge is 0.384 e. The average molecular weight is 433 g/mol. The Labute approximate surface area is 187 Å². The third-order valence-corrected chi connectivity index (χ3v) is 5.92. The van der Waals surface area contributed by atoms with Crippen molar-refractivity contribution in [1.82, 2.24) is 15.2 Å². The van der Waals surface area contributed by atoms with E-state index in [1.54, 1.807) is 12.3 Å². The van der Waals surface area contributed by atoms with Crippen LogP contribution in [0, 0.1) is 18.8 Å². The highest BCUT2D eigenvalue weighted by molar-refractivity contribution is 6.33. The third-order valence-electron chi connectivity index (χ3n) is 5.61. The molecule has 2 aromatic carbocycles. The zero-order valence-corrected chi connectivity index (χ0v) is 18.3. The van der Waals surface area contributed by atoms with Crippen molar-refractivity contribution in [2.75, 3.05) is 31.9 Å². The Balaban J connectivity index is 1.56.